The van der Waals surface area contributed by atoms with Gasteiger partial charge in [-0.15, -0.1) is 0 Å². The van der Waals surface area contributed by atoms with E-state index in [-0.39, 0.29) is 36.3 Å². The number of rotatable bonds is 2. The highest BCUT2D eigenvalue weighted by atomic mass is 16.5. The minimum absolute atomic E-state index is 0.0166. The summed E-state index contributed by atoms with van der Waals surface area (Å²) in [7, 11) is 0. The second kappa shape index (κ2) is 5.55. The van der Waals surface area contributed by atoms with Crippen LogP contribution in [0, 0.1) is 11.8 Å². The quantitative estimate of drug-likeness (QED) is 0.666. The summed E-state index contributed by atoms with van der Waals surface area (Å²) in [5.74, 6) is 0.678. The lowest BCUT2D eigenvalue weighted by Crippen LogP contribution is -2.32. The molecule has 3 nitrogen and oxygen atoms in total. The Labute approximate surface area is 166 Å². The average Bonchev–Trinajstić information content (AvgIpc) is 3.42. The number of ether oxygens (including phenoxy) is 2. The number of fused-ring (bicyclic) bond motifs is 8. The summed E-state index contributed by atoms with van der Waals surface area (Å²) >= 11 is 0. The number of hydrogen-bond donors (Lipinski definition) is 0. The van der Waals surface area contributed by atoms with Crippen LogP contribution in [0.2, 0.25) is 0 Å². The lowest BCUT2D eigenvalue weighted by molar-refractivity contribution is -0.127. The van der Waals surface area contributed by atoms with Crippen LogP contribution in [-0.4, -0.2) is 30.2 Å². The minimum atomic E-state index is -0.0166. The Hall–Kier alpha value is -1.97. The maximum absolute atomic E-state index is 13.4. The zero-order chi connectivity index (χ0) is 19.3. The van der Waals surface area contributed by atoms with Crippen LogP contribution in [0.1, 0.15) is 38.5 Å². The van der Waals surface area contributed by atoms with Crippen molar-refractivity contribution < 1.29 is 14.3 Å². The molecule has 6 atom stereocenters. The molecule has 28 heavy (non-hydrogen) atoms. The van der Waals surface area contributed by atoms with E-state index < -0.39 is 0 Å². The molecule has 144 valence electrons. The van der Waals surface area contributed by atoms with Crippen molar-refractivity contribution in [3.63, 3.8) is 0 Å². The van der Waals surface area contributed by atoms with Crippen LogP contribution in [0.15, 0.2) is 70.9 Å². The number of carbonyl (C=O) groups is 1. The molecular weight excluding hydrogens is 348 g/mol. The maximum atomic E-state index is 13.4. The Balaban J connectivity index is 1.21. The summed E-state index contributed by atoms with van der Waals surface area (Å²) in [6.07, 6.45) is 5.54. The molecule has 6 unspecified atom stereocenters. The van der Waals surface area contributed by atoms with Crippen LogP contribution < -0.4 is 0 Å². The number of carbonyl (C=O) groups excluding carboxylic acids is 1. The van der Waals surface area contributed by atoms with E-state index >= 15 is 0 Å². The van der Waals surface area contributed by atoms with Crippen molar-refractivity contribution in [3.8, 4) is 0 Å². The van der Waals surface area contributed by atoms with Crippen LogP contribution in [-0.2, 0) is 14.3 Å². The predicted molar refractivity (Wildman–Crippen MR) is 108 cm³/mol. The number of ketones is 1. The molecule has 4 bridgehead atoms. The van der Waals surface area contributed by atoms with Crippen molar-refractivity contribution >= 4 is 5.78 Å². The van der Waals surface area contributed by atoms with E-state index in [1.54, 1.807) is 0 Å². The molecule has 0 N–H and O–H groups in total. The highest BCUT2D eigenvalue weighted by molar-refractivity contribution is 5.85. The summed E-state index contributed by atoms with van der Waals surface area (Å²) in [6, 6.07) is 0. The fourth-order valence-electron chi connectivity index (χ4n) is 6.39. The topological polar surface area (TPSA) is 35.5 Å². The van der Waals surface area contributed by atoms with E-state index in [0.29, 0.717) is 5.78 Å². The molecule has 3 heteroatoms. The van der Waals surface area contributed by atoms with Crippen molar-refractivity contribution in [2.24, 2.45) is 11.8 Å². The van der Waals surface area contributed by atoms with Crippen LogP contribution in [0.4, 0.5) is 0 Å². The summed E-state index contributed by atoms with van der Waals surface area (Å²) in [5, 5.41) is 0. The second-order valence-electron chi connectivity index (χ2n) is 9.28. The maximum Gasteiger partial charge on any atom is 0.139 e. The van der Waals surface area contributed by atoms with Gasteiger partial charge in [0.25, 0.3) is 0 Å². The first-order valence-corrected chi connectivity index (χ1v) is 10.5. The van der Waals surface area contributed by atoms with Gasteiger partial charge in [-0.05, 0) is 83.1 Å². The Kier molecular flexibility index (Phi) is 3.36. The summed E-state index contributed by atoms with van der Waals surface area (Å²) in [5.41, 5.74) is 9.54. The third-order valence-electron chi connectivity index (χ3n) is 7.99. The van der Waals surface area contributed by atoms with E-state index in [9.17, 15) is 4.79 Å². The summed E-state index contributed by atoms with van der Waals surface area (Å²) in [4.78, 5) is 13.4. The van der Waals surface area contributed by atoms with Gasteiger partial charge >= 0.3 is 0 Å². The van der Waals surface area contributed by atoms with Crippen molar-refractivity contribution in [1.29, 1.82) is 0 Å². The molecule has 2 saturated heterocycles. The molecule has 4 aliphatic heterocycles. The third kappa shape index (κ3) is 1.99. The monoisotopic (exact) mass is 374 g/mol. The smallest absolute Gasteiger partial charge is 0.139 e. The molecule has 0 saturated carbocycles. The molecule has 0 aromatic rings. The summed E-state index contributed by atoms with van der Waals surface area (Å²) < 4.78 is 12.2. The number of hydrogen-bond acceptors (Lipinski definition) is 3. The van der Waals surface area contributed by atoms with Gasteiger partial charge in [0.05, 0.1) is 0 Å². The highest BCUT2D eigenvalue weighted by Crippen LogP contribution is 2.54. The largest absolute Gasteiger partial charge is 0.357 e. The molecule has 6 aliphatic rings. The molecule has 2 aliphatic carbocycles. The van der Waals surface area contributed by atoms with E-state index in [1.165, 1.54) is 22.3 Å². The van der Waals surface area contributed by atoms with Crippen molar-refractivity contribution in [1.82, 2.24) is 0 Å². The van der Waals surface area contributed by atoms with Gasteiger partial charge in [0.15, 0.2) is 0 Å². The van der Waals surface area contributed by atoms with Crippen molar-refractivity contribution in [2.75, 3.05) is 0 Å². The van der Waals surface area contributed by atoms with Crippen LogP contribution in [0.3, 0.4) is 0 Å². The molecule has 0 aromatic heterocycles. The van der Waals surface area contributed by atoms with Gasteiger partial charge in [0.1, 0.15) is 30.2 Å². The normalized spacial score (nSPS) is 41.3. The van der Waals surface area contributed by atoms with Crippen LogP contribution in [0.25, 0.3) is 0 Å². The molecule has 0 radical (unpaired) electrons. The van der Waals surface area contributed by atoms with Gasteiger partial charge in [0, 0.05) is 11.8 Å². The first-order valence-electron chi connectivity index (χ1n) is 10.5. The molecule has 4 heterocycles. The Morgan fingerprint density at radius 3 is 1.39 bits per heavy atom. The first-order chi connectivity index (χ1) is 13.5. The van der Waals surface area contributed by atoms with E-state index in [4.69, 9.17) is 9.47 Å². The molecule has 0 amide bonds. The van der Waals surface area contributed by atoms with E-state index in [2.05, 4.69) is 26.3 Å². The fourth-order valence-corrected chi connectivity index (χ4v) is 6.39. The standard InChI is InChI=1S/C25H26O3/c1-11-13(3)24-19-9-15(5-7-17(19)22(11)27-24)21(26)16-6-8-18-20(10-16)25-14(4)12(2)23(18)28-25/h15-16,22-25H,1-10H2. The van der Waals surface area contributed by atoms with Gasteiger partial charge in [-0.25, -0.2) is 0 Å². The van der Waals surface area contributed by atoms with E-state index in [0.717, 1.165) is 60.8 Å². The van der Waals surface area contributed by atoms with Gasteiger partial charge in [-0.1, -0.05) is 26.3 Å². The molecule has 2 fully saturated rings. The minimum Gasteiger partial charge on any atom is -0.357 e. The van der Waals surface area contributed by atoms with Crippen molar-refractivity contribution in [3.05, 3.63) is 70.9 Å². The average molecular weight is 374 g/mol. The zero-order valence-electron chi connectivity index (χ0n) is 16.3. The molecule has 0 spiro atoms. The first kappa shape index (κ1) is 16.9. The third-order valence-corrected chi connectivity index (χ3v) is 7.99. The number of Topliss-reactive ketones (excluding diaryl/α,β-unsaturated/α-hetero) is 1. The van der Waals surface area contributed by atoms with Gasteiger partial charge in [-0.2, -0.15) is 0 Å². The fraction of sp³-hybridized carbons (Fsp3) is 0.480. The predicted octanol–water partition coefficient (Wildman–Crippen LogP) is 4.54. The SMILES string of the molecule is C=C1C(=C)C2OC1C1=C2CC(C(=O)C2CCC3=C(C2)C2OC3C(=C)C2=C)CC1. The Morgan fingerprint density at radius 2 is 1.00 bits per heavy atom. The molecule has 0 aromatic carbocycles. The second-order valence-corrected chi connectivity index (χ2v) is 9.28. The zero-order valence-corrected chi connectivity index (χ0v) is 16.3. The Morgan fingerprint density at radius 1 is 0.643 bits per heavy atom. The lowest BCUT2D eigenvalue weighted by atomic mass is 9.68. The van der Waals surface area contributed by atoms with Crippen LogP contribution in [0.5, 0.6) is 0 Å². The highest BCUT2D eigenvalue weighted by Gasteiger charge is 2.50. The van der Waals surface area contributed by atoms with Crippen molar-refractivity contribution in [2.45, 2.75) is 62.9 Å². The molecule has 6 rings (SSSR count). The van der Waals surface area contributed by atoms with E-state index in [1.807, 2.05) is 0 Å². The van der Waals surface area contributed by atoms with Gasteiger partial charge in [-0.3, -0.25) is 4.79 Å². The van der Waals surface area contributed by atoms with Crippen LogP contribution >= 0.6 is 0 Å². The van der Waals surface area contributed by atoms with Gasteiger partial charge in [0.2, 0.25) is 0 Å². The van der Waals surface area contributed by atoms with Gasteiger partial charge < -0.3 is 9.47 Å². The lowest BCUT2D eigenvalue weighted by Gasteiger charge is -2.33. The molecular formula is C25H26O3. The summed E-state index contributed by atoms with van der Waals surface area (Å²) in [6.45, 7) is 16.6. The Bertz CT molecular complexity index is 882.